The second-order valence-corrected chi connectivity index (χ2v) is 5.79. The summed E-state index contributed by atoms with van der Waals surface area (Å²) in [6, 6.07) is 12.8. The van der Waals surface area contributed by atoms with E-state index in [1.807, 2.05) is 0 Å². The summed E-state index contributed by atoms with van der Waals surface area (Å²) in [4.78, 5) is 36.1. The summed E-state index contributed by atoms with van der Waals surface area (Å²) in [6.07, 6.45) is -0.586. The zero-order valence-electron chi connectivity index (χ0n) is 13.0. The van der Waals surface area contributed by atoms with Crippen molar-refractivity contribution in [1.82, 2.24) is 0 Å². The zero-order valence-corrected chi connectivity index (χ0v) is 13.8. The van der Waals surface area contributed by atoms with Crippen molar-refractivity contribution in [2.45, 2.75) is 12.5 Å². The van der Waals surface area contributed by atoms with Gasteiger partial charge in [-0.3, -0.25) is 4.79 Å². The van der Waals surface area contributed by atoms with E-state index in [9.17, 15) is 14.4 Å². The van der Waals surface area contributed by atoms with Crippen molar-refractivity contribution in [2.24, 2.45) is 0 Å². The molecule has 1 aliphatic heterocycles. The summed E-state index contributed by atoms with van der Waals surface area (Å²) in [5, 5.41) is 3.18. The predicted molar refractivity (Wildman–Crippen MR) is 90.6 cm³/mol. The van der Waals surface area contributed by atoms with Gasteiger partial charge in [-0.1, -0.05) is 23.7 Å². The van der Waals surface area contributed by atoms with Gasteiger partial charge >= 0.3 is 11.9 Å². The maximum atomic E-state index is 12.3. The van der Waals surface area contributed by atoms with E-state index in [1.165, 1.54) is 6.07 Å². The van der Waals surface area contributed by atoms with Crippen LogP contribution in [0.15, 0.2) is 48.5 Å². The highest BCUT2D eigenvalue weighted by atomic mass is 35.5. The van der Waals surface area contributed by atoms with Crippen molar-refractivity contribution in [3.63, 3.8) is 0 Å². The third-order valence-corrected chi connectivity index (χ3v) is 3.89. The largest absolute Gasteiger partial charge is 0.463 e. The number of nitrogens with one attached hydrogen (secondary N) is 1. The fourth-order valence-corrected chi connectivity index (χ4v) is 2.47. The Morgan fingerprint density at radius 3 is 2.52 bits per heavy atom. The van der Waals surface area contributed by atoms with E-state index in [4.69, 9.17) is 21.1 Å². The van der Waals surface area contributed by atoms with Gasteiger partial charge in [-0.25, -0.2) is 9.59 Å². The molecule has 3 rings (SSSR count). The smallest absolute Gasteiger partial charge is 0.347 e. The van der Waals surface area contributed by atoms with Crippen LogP contribution in [0.25, 0.3) is 0 Å². The van der Waals surface area contributed by atoms with E-state index in [2.05, 4.69) is 5.32 Å². The molecule has 7 heteroatoms. The van der Waals surface area contributed by atoms with E-state index in [0.29, 0.717) is 22.7 Å². The fraction of sp³-hybridized carbons (Fsp3) is 0.167. The van der Waals surface area contributed by atoms with Crippen LogP contribution in [-0.4, -0.2) is 30.6 Å². The van der Waals surface area contributed by atoms with Gasteiger partial charge in [-0.2, -0.15) is 0 Å². The van der Waals surface area contributed by atoms with E-state index >= 15 is 0 Å². The first-order valence-electron chi connectivity index (χ1n) is 7.58. The number of hydrogen-bond donors (Lipinski definition) is 1. The number of anilines is 1. The van der Waals surface area contributed by atoms with Gasteiger partial charge in [-0.05, 0) is 36.4 Å². The van der Waals surface area contributed by atoms with Gasteiger partial charge < -0.3 is 14.8 Å². The average Bonchev–Trinajstić information content (AvgIpc) is 3.00. The number of benzene rings is 2. The maximum Gasteiger partial charge on any atom is 0.347 e. The Kier molecular flexibility index (Phi) is 5.00. The first kappa shape index (κ1) is 17.0. The zero-order chi connectivity index (χ0) is 17.8. The second-order valence-electron chi connectivity index (χ2n) is 5.36. The minimum atomic E-state index is -0.910. The molecule has 0 spiro atoms. The van der Waals surface area contributed by atoms with Crippen molar-refractivity contribution >= 4 is 35.1 Å². The third kappa shape index (κ3) is 3.97. The molecule has 2 aromatic carbocycles. The number of carbonyl (C=O) groups excluding carboxylic acids is 3. The molecule has 0 aliphatic carbocycles. The SMILES string of the molecule is O=C(Nc1ccccc1C(=O)O[C@@H]1CCOC1=O)c1ccc(Cl)cc1. The third-order valence-electron chi connectivity index (χ3n) is 3.64. The molecule has 0 unspecified atom stereocenters. The molecule has 6 nitrogen and oxygen atoms in total. The van der Waals surface area contributed by atoms with Crippen molar-refractivity contribution in [3.05, 3.63) is 64.7 Å². The predicted octanol–water partition coefficient (Wildman–Crippen LogP) is 3.06. The Bertz CT molecular complexity index is 818. The van der Waals surface area contributed by atoms with E-state index in [1.54, 1.807) is 42.5 Å². The lowest BCUT2D eigenvalue weighted by atomic mass is 10.1. The Morgan fingerprint density at radius 2 is 1.84 bits per heavy atom. The summed E-state index contributed by atoms with van der Waals surface area (Å²) < 4.78 is 9.94. The summed E-state index contributed by atoms with van der Waals surface area (Å²) >= 11 is 5.81. The molecular weight excluding hydrogens is 346 g/mol. The monoisotopic (exact) mass is 359 g/mol. The lowest BCUT2D eigenvalue weighted by Gasteiger charge is -2.12. The van der Waals surface area contributed by atoms with Crippen LogP contribution in [0.1, 0.15) is 27.1 Å². The van der Waals surface area contributed by atoms with Gasteiger partial charge in [-0.15, -0.1) is 0 Å². The number of rotatable bonds is 4. The Hall–Kier alpha value is -2.86. The standard InChI is InChI=1S/C18H14ClNO5/c19-12-7-5-11(6-8-12)16(21)20-14-4-2-1-3-13(14)17(22)25-15-9-10-24-18(15)23/h1-8,15H,9-10H2,(H,20,21)/t15-/m1/s1. The number of para-hydroxylation sites is 1. The van der Waals surface area contributed by atoms with Crippen LogP contribution in [0, 0.1) is 0 Å². The van der Waals surface area contributed by atoms with Crippen molar-refractivity contribution in [2.75, 3.05) is 11.9 Å². The molecule has 1 amide bonds. The van der Waals surface area contributed by atoms with Gasteiger partial charge in [0.05, 0.1) is 17.9 Å². The highest BCUT2D eigenvalue weighted by molar-refractivity contribution is 6.30. The first-order valence-corrected chi connectivity index (χ1v) is 7.96. The highest BCUT2D eigenvalue weighted by Crippen LogP contribution is 2.20. The molecule has 1 atom stereocenters. The van der Waals surface area contributed by atoms with Crippen LogP contribution in [0.2, 0.25) is 5.02 Å². The number of ether oxygens (including phenoxy) is 2. The Balaban J connectivity index is 1.76. The van der Waals surface area contributed by atoms with Crippen molar-refractivity contribution < 1.29 is 23.9 Å². The first-order chi connectivity index (χ1) is 12.0. The van der Waals surface area contributed by atoms with Gasteiger partial charge in [0, 0.05) is 17.0 Å². The molecule has 1 N–H and O–H groups in total. The minimum absolute atomic E-state index is 0.157. The molecule has 25 heavy (non-hydrogen) atoms. The van der Waals surface area contributed by atoms with Gasteiger partial charge in [0.2, 0.25) is 6.10 Å². The van der Waals surface area contributed by atoms with Gasteiger partial charge in [0.1, 0.15) is 0 Å². The lowest BCUT2D eigenvalue weighted by molar-refractivity contribution is -0.145. The molecule has 0 radical (unpaired) electrons. The normalized spacial score (nSPS) is 16.2. The summed E-state index contributed by atoms with van der Waals surface area (Å²) in [6.45, 7) is 0.228. The van der Waals surface area contributed by atoms with E-state index < -0.39 is 23.9 Å². The highest BCUT2D eigenvalue weighted by Gasteiger charge is 2.31. The number of cyclic esters (lactones) is 1. The molecule has 1 aliphatic rings. The average molecular weight is 360 g/mol. The van der Waals surface area contributed by atoms with Crippen LogP contribution in [0.3, 0.4) is 0 Å². The number of hydrogen-bond acceptors (Lipinski definition) is 5. The lowest BCUT2D eigenvalue weighted by Crippen LogP contribution is -2.23. The fourth-order valence-electron chi connectivity index (χ4n) is 2.34. The van der Waals surface area contributed by atoms with Crippen LogP contribution < -0.4 is 5.32 Å². The van der Waals surface area contributed by atoms with Gasteiger partial charge in [0.15, 0.2) is 0 Å². The van der Waals surface area contributed by atoms with Crippen LogP contribution >= 0.6 is 11.6 Å². The summed E-state index contributed by atoms with van der Waals surface area (Å²) in [7, 11) is 0. The number of halogens is 1. The van der Waals surface area contributed by atoms with Gasteiger partial charge in [0.25, 0.3) is 5.91 Å². The molecule has 0 bridgehead atoms. The molecule has 1 heterocycles. The number of esters is 2. The van der Waals surface area contributed by atoms with E-state index in [0.717, 1.165) is 0 Å². The van der Waals surface area contributed by atoms with Crippen LogP contribution in [0.5, 0.6) is 0 Å². The molecule has 2 aromatic rings. The van der Waals surface area contributed by atoms with E-state index in [-0.39, 0.29) is 12.2 Å². The molecule has 128 valence electrons. The Labute approximate surface area is 148 Å². The summed E-state index contributed by atoms with van der Waals surface area (Å²) in [5.41, 5.74) is 0.843. The molecule has 0 aromatic heterocycles. The molecule has 0 saturated carbocycles. The Morgan fingerprint density at radius 1 is 1.12 bits per heavy atom. The summed E-state index contributed by atoms with van der Waals surface area (Å²) in [5.74, 6) is -1.65. The quantitative estimate of drug-likeness (QED) is 0.848. The topological polar surface area (TPSA) is 81.7 Å². The molecule has 1 fully saturated rings. The van der Waals surface area contributed by atoms with Crippen LogP contribution in [-0.2, 0) is 14.3 Å². The van der Waals surface area contributed by atoms with Crippen molar-refractivity contribution in [1.29, 1.82) is 0 Å². The number of carbonyl (C=O) groups is 3. The number of amides is 1. The molecule has 1 saturated heterocycles. The van der Waals surface area contributed by atoms with Crippen LogP contribution in [0.4, 0.5) is 5.69 Å². The second kappa shape index (κ2) is 7.36. The minimum Gasteiger partial charge on any atom is -0.463 e. The maximum absolute atomic E-state index is 12.3. The molecular formula is C18H14ClNO5. The van der Waals surface area contributed by atoms with Crippen molar-refractivity contribution in [3.8, 4) is 0 Å².